The highest BCUT2D eigenvalue weighted by molar-refractivity contribution is 5.87. The molecule has 3 heteroatoms. The van der Waals surface area contributed by atoms with Crippen LogP contribution in [0.2, 0.25) is 0 Å². The van der Waals surface area contributed by atoms with Gasteiger partial charge in [0.2, 0.25) is 0 Å². The van der Waals surface area contributed by atoms with E-state index in [4.69, 9.17) is 4.74 Å². The molecule has 0 heterocycles. The average Bonchev–Trinajstić information content (AvgIpc) is 2.62. The van der Waals surface area contributed by atoms with Gasteiger partial charge in [-0.15, -0.1) is 0 Å². The van der Waals surface area contributed by atoms with Gasteiger partial charge >= 0.3 is 5.97 Å². The van der Waals surface area contributed by atoms with Crippen LogP contribution < -0.4 is 0 Å². The molecule has 7 atom stereocenters. The number of rotatable bonds is 2. The lowest BCUT2D eigenvalue weighted by Crippen LogP contribution is -2.35. The van der Waals surface area contributed by atoms with Crippen LogP contribution in [0, 0.1) is 29.1 Å². The standard InChI is InChI=1S/C15H20O3/c1-7(2)14(17)18-13-4-8-3-10(13)15-6-11(15)12(16)5-9(8)15/h8-13,16H,1,3-6H2,2H3. The molecule has 1 N–H and O–H groups in total. The summed E-state index contributed by atoms with van der Waals surface area (Å²) in [5.41, 5.74) is 0.841. The molecule has 0 amide bonds. The zero-order valence-corrected chi connectivity index (χ0v) is 10.8. The Morgan fingerprint density at radius 3 is 2.72 bits per heavy atom. The third-order valence-corrected chi connectivity index (χ3v) is 6.16. The molecule has 1 spiro atoms. The van der Waals surface area contributed by atoms with E-state index in [1.165, 1.54) is 12.8 Å². The maximum absolute atomic E-state index is 11.7. The van der Waals surface area contributed by atoms with Crippen molar-refractivity contribution < 1.29 is 14.6 Å². The second kappa shape index (κ2) is 3.19. The summed E-state index contributed by atoms with van der Waals surface area (Å²) in [5, 5.41) is 10.0. The van der Waals surface area contributed by atoms with Crippen molar-refractivity contribution in [2.45, 2.75) is 44.8 Å². The molecule has 0 aromatic carbocycles. The summed E-state index contributed by atoms with van der Waals surface area (Å²) in [7, 11) is 0. The molecule has 0 radical (unpaired) electrons. The van der Waals surface area contributed by atoms with Crippen LogP contribution in [0.15, 0.2) is 12.2 Å². The average molecular weight is 248 g/mol. The molecule has 0 aromatic rings. The number of aliphatic hydroxyl groups excluding tert-OH is 1. The Bertz CT molecular complexity index is 443. The van der Waals surface area contributed by atoms with E-state index in [0.29, 0.717) is 34.7 Å². The van der Waals surface area contributed by atoms with Crippen molar-refractivity contribution >= 4 is 5.97 Å². The van der Waals surface area contributed by atoms with Gasteiger partial charge in [-0.25, -0.2) is 4.79 Å². The Kier molecular flexibility index (Phi) is 1.95. The lowest BCUT2D eigenvalue weighted by Gasteiger charge is -2.33. The summed E-state index contributed by atoms with van der Waals surface area (Å²) >= 11 is 0. The van der Waals surface area contributed by atoms with Crippen LogP contribution in [0.4, 0.5) is 0 Å². The molecule has 4 aliphatic carbocycles. The van der Waals surface area contributed by atoms with E-state index in [2.05, 4.69) is 6.58 Å². The Morgan fingerprint density at radius 2 is 2.06 bits per heavy atom. The van der Waals surface area contributed by atoms with Crippen LogP contribution in [0.1, 0.15) is 32.6 Å². The molecular formula is C15H20O3. The van der Waals surface area contributed by atoms with E-state index in [0.717, 1.165) is 12.8 Å². The largest absolute Gasteiger partial charge is 0.459 e. The van der Waals surface area contributed by atoms with Gasteiger partial charge in [0, 0.05) is 11.5 Å². The topological polar surface area (TPSA) is 46.5 Å². The number of carbonyl (C=O) groups excluding carboxylic acids is 1. The third kappa shape index (κ3) is 1.12. The molecule has 98 valence electrons. The number of esters is 1. The first-order valence-electron chi connectivity index (χ1n) is 7.08. The molecule has 3 nitrogen and oxygen atoms in total. The predicted octanol–water partition coefficient (Wildman–Crippen LogP) is 1.90. The lowest BCUT2D eigenvalue weighted by molar-refractivity contribution is -0.148. The molecule has 18 heavy (non-hydrogen) atoms. The van der Waals surface area contributed by atoms with Gasteiger partial charge in [-0.2, -0.15) is 0 Å². The van der Waals surface area contributed by atoms with Crippen molar-refractivity contribution in [3.05, 3.63) is 12.2 Å². The first-order valence-corrected chi connectivity index (χ1v) is 7.08. The van der Waals surface area contributed by atoms with Crippen LogP contribution in [-0.2, 0) is 9.53 Å². The van der Waals surface area contributed by atoms with Gasteiger partial charge in [-0.1, -0.05) is 6.58 Å². The van der Waals surface area contributed by atoms with E-state index in [-0.39, 0.29) is 18.2 Å². The Labute approximate surface area is 107 Å². The molecular weight excluding hydrogens is 228 g/mol. The van der Waals surface area contributed by atoms with Gasteiger partial charge < -0.3 is 9.84 Å². The highest BCUT2D eigenvalue weighted by Gasteiger charge is 2.77. The maximum Gasteiger partial charge on any atom is 0.333 e. The van der Waals surface area contributed by atoms with E-state index in [9.17, 15) is 9.90 Å². The second-order valence-electron chi connectivity index (χ2n) is 6.89. The number of carbonyl (C=O) groups is 1. The monoisotopic (exact) mass is 248 g/mol. The van der Waals surface area contributed by atoms with Gasteiger partial charge in [0.05, 0.1) is 6.10 Å². The summed E-state index contributed by atoms with van der Waals surface area (Å²) in [4.78, 5) is 11.7. The summed E-state index contributed by atoms with van der Waals surface area (Å²) in [6.45, 7) is 5.36. The maximum atomic E-state index is 11.7. The molecule has 4 fully saturated rings. The van der Waals surface area contributed by atoms with E-state index < -0.39 is 0 Å². The zero-order chi connectivity index (χ0) is 12.7. The zero-order valence-electron chi connectivity index (χ0n) is 10.8. The summed E-state index contributed by atoms with van der Waals surface area (Å²) in [5.74, 6) is 2.17. The number of ether oxygens (including phenoxy) is 1. The fraction of sp³-hybridized carbons (Fsp3) is 0.800. The number of fused-ring (bicyclic) bond motifs is 3. The summed E-state index contributed by atoms with van der Waals surface area (Å²) in [6, 6.07) is 0. The van der Waals surface area contributed by atoms with Crippen LogP contribution in [0.5, 0.6) is 0 Å². The van der Waals surface area contributed by atoms with Gasteiger partial charge in [-0.05, 0) is 55.8 Å². The minimum atomic E-state index is -0.240. The molecule has 4 saturated carbocycles. The lowest BCUT2D eigenvalue weighted by atomic mass is 9.76. The summed E-state index contributed by atoms with van der Waals surface area (Å²) in [6.07, 6.45) is 4.38. The molecule has 7 unspecified atom stereocenters. The van der Waals surface area contributed by atoms with Crippen LogP contribution in [0.3, 0.4) is 0 Å². The Balaban J connectivity index is 1.55. The minimum absolute atomic E-state index is 0.0871. The minimum Gasteiger partial charge on any atom is -0.459 e. The quantitative estimate of drug-likeness (QED) is 0.599. The first-order chi connectivity index (χ1) is 8.54. The van der Waals surface area contributed by atoms with Crippen molar-refractivity contribution in [2.75, 3.05) is 0 Å². The van der Waals surface area contributed by atoms with Crippen molar-refractivity contribution in [1.29, 1.82) is 0 Å². The highest BCUT2D eigenvalue weighted by atomic mass is 16.5. The smallest absolute Gasteiger partial charge is 0.333 e. The molecule has 2 bridgehead atoms. The van der Waals surface area contributed by atoms with Gasteiger partial charge in [0.25, 0.3) is 0 Å². The van der Waals surface area contributed by atoms with Crippen molar-refractivity contribution in [2.24, 2.45) is 29.1 Å². The number of hydrogen-bond donors (Lipinski definition) is 1. The molecule has 4 aliphatic rings. The Morgan fingerprint density at radius 1 is 1.28 bits per heavy atom. The van der Waals surface area contributed by atoms with E-state index >= 15 is 0 Å². The van der Waals surface area contributed by atoms with Crippen LogP contribution >= 0.6 is 0 Å². The highest BCUT2D eigenvalue weighted by Crippen LogP contribution is 2.80. The second-order valence-corrected chi connectivity index (χ2v) is 6.89. The molecule has 0 saturated heterocycles. The van der Waals surface area contributed by atoms with Gasteiger partial charge in [0.1, 0.15) is 6.10 Å². The van der Waals surface area contributed by atoms with Crippen LogP contribution in [-0.4, -0.2) is 23.3 Å². The number of hydrogen-bond acceptors (Lipinski definition) is 3. The van der Waals surface area contributed by atoms with Crippen LogP contribution in [0.25, 0.3) is 0 Å². The van der Waals surface area contributed by atoms with Crippen molar-refractivity contribution in [3.63, 3.8) is 0 Å². The SMILES string of the molecule is C=C(C)C(=O)OC1CC2CC1C13CC1C(O)CC23. The van der Waals surface area contributed by atoms with Gasteiger partial charge in [-0.3, -0.25) is 0 Å². The first kappa shape index (κ1) is 11.0. The Hall–Kier alpha value is -0.830. The molecule has 4 rings (SSSR count). The van der Waals surface area contributed by atoms with Crippen molar-refractivity contribution in [3.8, 4) is 0 Å². The fourth-order valence-electron chi connectivity index (χ4n) is 5.52. The molecule has 0 aromatic heterocycles. The third-order valence-electron chi connectivity index (χ3n) is 6.16. The normalized spacial score (nSPS) is 55.0. The summed E-state index contributed by atoms with van der Waals surface area (Å²) < 4.78 is 5.62. The van der Waals surface area contributed by atoms with Gasteiger partial charge in [0.15, 0.2) is 0 Å². The predicted molar refractivity (Wildman–Crippen MR) is 65.6 cm³/mol. The molecule has 0 aliphatic heterocycles. The van der Waals surface area contributed by atoms with E-state index in [1.54, 1.807) is 6.92 Å². The fourth-order valence-corrected chi connectivity index (χ4v) is 5.52. The van der Waals surface area contributed by atoms with E-state index in [1.807, 2.05) is 0 Å². The van der Waals surface area contributed by atoms with Crippen molar-refractivity contribution in [1.82, 2.24) is 0 Å². The number of aliphatic hydroxyl groups is 1.